The number of carbonyl (C=O) groups is 1. The van der Waals surface area contributed by atoms with E-state index in [4.69, 9.17) is 5.11 Å². The van der Waals surface area contributed by atoms with E-state index >= 15 is 0 Å². The summed E-state index contributed by atoms with van der Waals surface area (Å²) in [4.78, 5) is 10.6. The molecule has 0 amide bonds. The average Bonchev–Trinajstić information content (AvgIpc) is 2.46. The van der Waals surface area contributed by atoms with Gasteiger partial charge in [0.25, 0.3) is 5.76 Å². The summed E-state index contributed by atoms with van der Waals surface area (Å²) in [6, 6.07) is 5.31. The summed E-state index contributed by atoms with van der Waals surface area (Å²) < 4.78 is 4.68. The van der Waals surface area contributed by atoms with Gasteiger partial charge in [0, 0.05) is 0 Å². The van der Waals surface area contributed by atoms with Crippen molar-refractivity contribution in [1.29, 1.82) is 0 Å². The Morgan fingerprint density at radius 3 is 3.00 bits per heavy atom. The maximum absolute atomic E-state index is 10.6. The molecule has 0 aliphatic rings. The molecule has 0 saturated carbocycles. The molecule has 1 aromatic carbocycles. The number of rotatable bonds is 1. The zero-order valence-electron chi connectivity index (χ0n) is 6.94. The molecule has 2 aromatic rings. The normalized spacial score (nSPS) is 10.5. The highest BCUT2D eigenvalue weighted by molar-refractivity contribution is 5.99. The Bertz CT molecular complexity index is 473. The van der Waals surface area contributed by atoms with Crippen LogP contribution in [0.3, 0.4) is 0 Å². The third-order valence-electron chi connectivity index (χ3n) is 1.83. The Balaban J connectivity index is 2.76. The first-order chi connectivity index (χ1) is 6.18. The van der Waals surface area contributed by atoms with Crippen molar-refractivity contribution in [3.05, 3.63) is 29.5 Å². The van der Waals surface area contributed by atoms with Crippen molar-refractivity contribution in [1.82, 2.24) is 5.16 Å². The predicted octanol–water partition coefficient (Wildman–Crippen LogP) is 1.83. The highest BCUT2D eigenvalue weighted by Crippen LogP contribution is 2.18. The van der Waals surface area contributed by atoms with Crippen molar-refractivity contribution < 1.29 is 14.4 Å². The van der Waals surface area contributed by atoms with Crippen molar-refractivity contribution in [3.63, 3.8) is 0 Å². The van der Waals surface area contributed by atoms with Gasteiger partial charge < -0.3 is 9.63 Å². The van der Waals surface area contributed by atoms with Crippen LogP contribution in [0.2, 0.25) is 0 Å². The van der Waals surface area contributed by atoms with Crippen LogP contribution in [0.5, 0.6) is 0 Å². The molecule has 66 valence electrons. The van der Waals surface area contributed by atoms with Gasteiger partial charge in [0.1, 0.15) is 5.52 Å². The number of carboxylic acids is 1. The van der Waals surface area contributed by atoms with Crippen LogP contribution in [0, 0.1) is 6.92 Å². The van der Waals surface area contributed by atoms with E-state index in [0.29, 0.717) is 10.9 Å². The van der Waals surface area contributed by atoms with Crippen molar-refractivity contribution in [2.75, 3.05) is 0 Å². The van der Waals surface area contributed by atoms with Gasteiger partial charge in [-0.05, 0) is 24.6 Å². The molecule has 4 nitrogen and oxygen atoms in total. The van der Waals surface area contributed by atoms with E-state index in [1.807, 2.05) is 13.0 Å². The van der Waals surface area contributed by atoms with E-state index in [1.165, 1.54) is 0 Å². The van der Waals surface area contributed by atoms with E-state index in [-0.39, 0.29) is 5.76 Å². The summed E-state index contributed by atoms with van der Waals surface area (Å²) in [6.07, 6.45) is 0. The number of nitrogens with zero attached hydrogens (tertiary/aromatic N) is 1. The van der Waals surface area contributed by atoms with Crippen LogP contribution in [0.25, 0.3) is 10.9 Å². The first-order valence-corrected chi connectivity index (χ1v) is 3.78. The minimum atomic E-state index is -1.09. The van der Waals surface area contributed by atoms with Gasteiger partial charge in [-0.25, -0.2) is 4.79 Å². The number of aryl methyl sites for hydroxylation is 1. The van der Waals surface area contributed by atoms with Crippen LogP contribution >= 0.6 is 0 Å². The number of aromatic nitrogens is 1. The topological polar surface area (TPSA) is 63.3 Å². The fraction of sp³-hybridized carbons (Fsp3) is 0.111. The molecule has 0 unspecified atom stereocenters. The molecule has 0 bridgehead atoms. The van der Waals surface area contributed by atoms with Crippen molar-refractivity contribution in [2.45, 2.75) is 6.92 Å². The number of benzene rings is 1. The molecule has 0 atom stereocenters. The van der Waals surface area contributed by atoms with Crippen LogP contribution in [0.4, 0.5) is 0 Å². The maximum atomic E-state index is 10.6. The first-order valence-electron chi connectivity index (χ1n) is 3.78. The van der Waals surface area contributed by atoms with E-state index in [9.17, 15) is 4.79 Å². The molecule has 0 radical (unpaired) electrons. The SMILES string of the molecule is Cc1ccc2c(C(=O)O)onc2c1. The zero-order chi connectivity index (χ0) is 9.42. The van der Waals surface area contributed by atoms with Crippen molar-refractivity contribution in [3.8, 4) is 0 Å². The summed E-state index contributed by atoms with van der Waals surface area (Å²) in [5, 5.41) is 12.9. The van der Waals surface area contributed by atoms with Gasteiger partial charge in [-0.2, -0.15) is 0 Å². The number of carboxylic acid groups (broad SMARTS) is 1. The Hall–Kier alpha value is -1.84. The number of fused-ring (bicyclic) bond motifs is 1. The van der Waals surface area contributed by atoms with Gasteiger partial charge in [0.05, 0.1) is 5.39 Å². The monoisotopic (exact) mass is 177 g/mol. The Kier molecular flexibility index (Phi) is 1.55. The number of aromatic carboxylic acids is 1. The standard InChI is InChI=1S/C9H7NO3/c1-5-2-3-6-7(4-5)10-13-8(6)9(11)12/h2-4H,1H3,(H,11,12). The van der Waals surface area contributed by atoms with Gasteiger partial charge in [-0.1, -0.05) is 11.2 Å². The molecule has 0 aliphatic carbocycles. The number of hydrogen-bond donors (Lipinski definition) is 1. The molecule has 2 rings (SSSR count). The van der Waals surface area contributed by atoms with Gasteiger partial charge >= 0.3 is 5.97 Å². The highest BCUT2D eigenvalue weighted by Gasteiger charge is 2.14. The van der Waals surface area contributed by atoms with E-state index < -0.39 is 5.97 Å². The lowest BCUT2D eigenvalue weighted by Gasteiger charge is -1.89. The molecule has 1 aromatic heterocycles. The predicted molar refractivity (Wildman–Crippen MR) is 45.7 cm³/mol. The summed E-state index contributed by atoms with van der Waals surface area (Å²) >= 11 is 0. The van der Waals surface area contributed by atoms with Crippen LogP contribution < -0.4 is 0 Å². The second kappa shape index (κ2) is 2.58. The smallest absolute Gasteiger partial charge is 0.375 e. The molecule has 0 fully saturated rings. The average molecular weight is 177 g/mol. The minimum absolute atomic E-state index is 0.102. The second-order valence-electron chi connectivity index (χ2n) is 2.84. The Labute approximate surface area is 73.8 Å². The molecule has 0 saturated heterocycles. The van der Waals surface area contributed by atoms with E-state index in [0.717, 1.165) is 5.56 Å². The Morgan fingerprint density at radius 1 is 1.54 bits per heavy atom. The molecule has 4 heteroatoms. The summed E-state index contributed by atoms with van der Waals surface area (Å²) in [7, 11) is 0. The van der Waals surface area contributed by atoms with E-state index in [2.05, 4.69) is 9.68 Å². The lowest BCUT2D eigenvalue weighted by Crippen LogP contribution is -1.93. The lowest BCUT2D eigenvalue weighted by atomic mass is 10.1. The van der Waals surface area contributed by atoms with Gasteiger partial charge in [0.15, 0.2) is 0 Å². The highest BCUT2D eigenvalue weighted by atomic mass is 16.5. The first kappa shape index (κ1) is 7.79. The molecule has 1 N–H and O–H groups in total. The minimum Gasteiger partial charge on any atom is -0.475 e. The number of hydrogen-bond acceptors (Lipinski definition) is 3. The molecular formula is C9H7NO3. The summed E-state index contributed by atoms with van der Waals surface area (Å²) in [5.41, 5.74) is 1.61. The molecule has 0 spiro atoms. The van der Waals surface area contributed by atoms with Crippen LogP contribution in [0.15, 0.2) is 22.7 Å². The lowest BCUT2D eigenvalue weighted by molar-refractivity contribution is 0.0655. The Morgan fingerprint density at radius 2 is 2.31 bits per heavy atom. The van der Waals surface area contributed by atoms with Crippen LogP contribution in [0.1, 0.15) is 16.1 Å². The van der Waals surface area contributed by atoms with Crippen LogP contribution in [-0.4, -0.2) is 16.2 Å². The fourth-order valence-electron chi connectivity index (χ4n) is 1.21. The molecule has 0 aliphatic heterocycles. The molecule has 13 heavy (non-hydrogen) atoms. The molecule has 1 heterocycles. The van der Waals surface area contributed by atoms with Gasteiger partial charge in [-0.3, -0.25) is 0 Å². The van der Waals surface area contributed by atoms with Gasteiger partial charge in [-0.15, -0.1) is 0 Å². The molecular weight excluding hydrogens is 170 g/mol. The van der Waals surface area contributed by atoms with Crippen LogP contribution in [-0.2, 0) is 0 Å². The van der Waals surface area contributed by atoms with Crippen molar-refractivity contribution >= 4 is 16.9 Å². The fourth-order valence-corrected chi connectivity index (χ4v) is 1.21. The second-order valence-corrected chi connectivity index (χ2v) is 2.84. The third kappa shape index (κ3) is 1.16. The maximum Gasteiger partial charge on any atom is 0.375 e. The summed E-state index contributed by atoms with van der Waals surface area (Å²) in [6.45, 7) is 1.91. The summed E-state index contributed by atoms with van der Waals surface area (Å²) in [5.74, 6) is -1.19. The van der Waals surface area contributed by atoms with Crippen molar-refractivity contribution in [2.24, 2.45) is 0 Å². The van der Waals surface area contributed by atoms with E-state index in [1.54, 1.807) is 12.1 Å². The zero-order valence-corrected chi connectivity index (χ0v) is 6.94. The van der Waals surface area contributed by atoms with Gasteiger partial charge in [0.2, 0.25) is 0 Å². The quantitative estimate of drug-likeness (QED) is 0.721. The largest absolute Gasteiger partial charge is 0.475 e. The third-order valence-corrected chi connectivity index (χ3v) is 1.83.